The third-order valence-corrected chi connectivity index (χ3v) is 2.66. The maximum Gasteiger partial charge on any atom is 0.209 e. The van der Waals surface area contributed by atoms with E-state index in [1.54, 1.807) is 19.2 Å². The van der Waals surface area contributed by atoms with Gasteiger partial charge in [-0.25, -0.2) is 5.43 Å². The lowest BCUT2D eigenvalue weighted by Crippen LogP contribution is -2.27. The Labute approximate surface area is 104 Å². The summed E-state index contributed by atoms with van der Waals surface area (Å²) in [6.07, 6.45) is 0. The molecule has 0 unspecified atom stereocenters. The minimum absolute atomic E-state index is 0.249. The van der Waals surface area contributed by atoms with Crippen molar-refractivity contribution >= 4 is 34.9 Å². The van der Waals surface area contributed by atoms with Gasteiger partial charge in [-0.1, -0.05) is 29.3 Å². The van der Waals surface area contributed by atoms with Gasteiger partial charge in [0.15, 0.2) is 0 Å². The number of halogens is 2. The molecule has 0 aromatic heterocycles. The number of aliphatic imine (C=N–C) groups is 1. The van der Waals surface area contributed by atoms with E-state index in [1.807, 2.05) is 13.0 Å². The molecule has 0 aliphatic heterocycles. The average Bonchev–Trinajstić information content (AvgIpc) is 2.29. The highest BCUT2D eigenvalue weighted by atomic mass is 35.5. The Morgan fingerprint density at radius 3 is 2.56 bits per heavy atom. The predicted octanol–water partition coefficient (Wildman–Crippen LogP) is 2.25. The van der Waals surface area contributed by atoms with Gasteiger partial charge in [0, 0.05) is 7.05 Å². The number of hydrogen-bond donors (Lipinski definition) is 2. The molecule has 4 nitrogen and oxygen atoms in total. The van der Waals surface area contributed by atoms with Gasteiger partial charge >= 0.3 is 0 Å². The van der Waals surface area contributed by atoms with Gasteiger partial charge in [0.1, 0.15) is 0 Å². The van der Waals surface area contributed by atoms with Crippen molar-refractivity contribution < 1.29 is 0 Å². The molecule has 0 saturated carbocycles. The highest BCUT2D eigenvalue weighted by Crippen LogP contribution is 2.22. The van der Waals surface area contributed by atoms with Crippen LogP contribution in [0.15, 0.2) is 28.3 Å². The molecule has 0 atom stereocenters. The van der Waals surface area contributed by atoms with E-state index in [-0.39, 0.29) is 5.96 Å². The van der Waals surface area contributed by atoms with Crippen LogP contribution in [0.1, 0.15) is 12.5 Å². The van der Waals surface area contributed by atoms with Crippen molar-refractivity contribution in [2.24, 2.45) is 15.8 Å². The van der Waals surface area contributed by atoms with Gasteiger partial charge in [0.2, 0.25) is 5.96 Å². The molecule has 86 valence electrons. The Hall–Kier alpha value is -1.26. The SMILES string of the molecule is CN=C(N)NN=C(C)c1ccc(Cl)c(Cl)c1. The van der Waals surface area contributed by atoms with Crippen LogP contribution >= 0.6 is 23.2 Å². The summed E-state index contributed by atoms with van der Waals surface area (Å²) in [5.41, 5.74) is 9.65. The summed E-state index contributed by atoms with van der Waals surface area (Å²) in [5, 5.41) is 5.05. The molecular weight excluding hydrogens is 247 g/mol. The second kappa shape index (κ2) is 5.72. The van der Waals surface area contributed by atoms with Crippen molar-refractivity contribution in [3.05, 3.63) is 33.8 Å². The summed E-state index contributed by atoms with van der Waals surface area (Å²) in [6, 6.07) is 5.28. The lowest BCUT2D eigenvalue weighted by atomic mass is 10.1. The maximum absolute atomic E-state index is 5.89. The molecule has 6 heteroatoms. The van der Waals surface area contributed by atoms with E-state index in [2.05, 4.69) is 15.5 Å². The highest BCUT2D eigenvalue weighted by molar-refractivity contribution is 6.42. The van der Waals surface area contributed by atoms with E-state index >= 15 is 0 Å². The van der Waals surface area contributed by atoms with E-state index < -0.39 is 0 Å². The van der Waals surface area contributed by atoms with Crippen LogP contribution in [-0.2, 0) is 0 Å². The van der Waals surface area contributed by atoms with Crippen molar-refractivity contribution in [3.63, 3.8) is 0 Å². The molecule has 3 N–H and O–H groups in total. The number of hydrogen-bond acceptors (Lipinski definition) is 2. The first-order chi connectivity index (χ1) is 7.54. The van der Waals surface area contributed by atoms with Crippen LogP contribution in [0.5, 0.6) is 0 Å². The second-order valence-electron chi connectivity index (χ2n) is 3.05. The van der Waals surface area contributed by atoms with Crippen molar-refractivity contribution in [3.8, 4) is 0 Å². The van der Waals surface area contributed by atoms with Crippen molar-refractivity contribution in [2.45, 2.75) is 6.92 Å². The summed E-state index contributed by atoms with van der Waals surface area (Å²) < 4.78 is 0. The van der Waals surface area contributed by atoms with Crippen molar-refractivity contribution in [1.29, 1.82) is 0 Å². The average molecular weight is 259 g/mol. The minimum atomic E-state index is 0.249. The smallest absolute Gasteiger partial charge is 0.209 e. The lowest BCUT2D eigenvalue weighted by Gasteiger charge is -2.03. The number of nitrogens with zero attached hydrogens (tertiary/aromatic N) is 2. The summed E-state index contributed by atoms with van der Waals surface area (Å²) in [6.45, 7) is 1.83. The van der Waals surface area contributed by atoms with Gasteiger partial charge in [-0.2, -0.15) is 5.10 Å². The van der Waals surface area contributed by atoms with E-state index in [1.165, 1.54) is 0 Å². The fourth-order valence-corrected chi connectivity index (χ4v) is 1.27. The minimum Gasteiger partial charge on any atom is -0.369 e. The largest absolute Gasteiger partial charge is 0.369 e. The maximum atomic E-state index is 5.89. The zero-order valence-electron chi connectivity index (χ0n) is 8.96. The molecule has 0 aliphatic rings. The van der Waals surface area contributed by atoms with Crippen LogP contribution in [-0.4, -0.2) is 18.7 Å². The Morgan fingerprint density at radius 1 is 1.31 bits per heavy atom. The fourth-order valence-electron chi connectivity index (χ4n) is 0.977. The Morgan fingerprint density at radius 2 is 2.00 bits per heavy atom. The molecule has 0 spiro atoms. The van der Waals surface area contributed by atoms with Crippen LogP contribution in [0.2, 0.25) is 10.0 Å². The summed E-state index contributed by atoms with van der Waals surface area (Å²) in [5.74, 6) is 0.249. The van der Waals surface area contributed by atoms with Gasteiger partial charge < -0.3 is 5.73 Å². The third-order valence-electron chi connectivity index (χ3n) is 1.92. The van der Waals surface area contributed by atoms with E-state index in [0.717, 1.165) is 11.3 Å². The summed E-state index contributed by atoms with van der Waals surface area (Å²) >= 11 is 11.7. The van der Waals surface area contributed by atoms with Crippen molar-refractivity contribution in [1.82, 2.24) is 5.43 Å². The highest BCUT2D eigenvalue weighted by Gasteiger charge is 2.02. The fraction of sp³-hybridized carbons (Fsp3) is 0.200. The molecule has 0 radical (unpaired) electrons. The number of guanidine groups is 1. The summed E-state index contributed by atoms with van der Waals surface area (Å²) in [4.78, 5) is 3.71. The number of nitrogens with two attached hydrogens (primary N) is 1. The van der Waals surface area contributed by atoms with Gasteiger partial charge in [0.05, 0.1) is 15.8 Å². The quantitative estimate of drug-likeness (QED) is 0.486. The zero-order valence-corrected chi connectivity index (χ0v) is 10.5. The van der Waals surface area contributed by atoms with E-state index in [0.29, 0.717) is 10.0 Å². The molecule has 0 aliphatic carbocycles. The molecule has 1 aromatic rings. The molecular formula is C10H12Cl2N4. The molecule has 16 heavy (non-hydrogen) atoms. The van der Waals surface area contributed by atoms with Crippen LogP contribution in [0.3, 0.4) is 0 Å². The third kappa shape index (κ3) is 3.40. The molecule has 0 fully saturated rings. The molecule has 1 rings (SSSR count). The summed E-state index contributed by atoms with van der Waals surface area (Å²) in [7, 11) is 1.58. The van der Waals surface area contributed by atoms with Crippen LogP contribution in [0.4, 0.5) is 0 Å². The first-order valence-electron chi connectivity index (χ1n) is 4.52. The topological polar surface area (TPSA) is 62.8 Å². The normalized spacial score (nSPS) is 12.8. The number of rotatable bonds is 2. The second-order valence-corrected chi connectivity index (χ2v) is 3.86. The Balaban J connectivity index is 2.88. The van der Waals surface area contributed by atoms with Crippen LogP contribution in [0, 0.1) is 0 Å². The lowest BCUT2D eigenvalue weighted by molar-refractivity contribution is 0.997. The van der Waals surface area contributed by atoms with Gasteiger partial charge in [-0.3, -0.25) is 4.99 Å². The molecule has 0 saturated heterocycles. The Bertz CT molecular complexity index is 440. The van der Waals surface area contributed by atoms with Crippen LogP contribution in [0.25, 0.3) is 0 Å². The van der Waals surface area contributed by atoms with Crippen LogP contribution < -0.4 is 11.2 Å². The van der Waals surface area contributed by atoms with Gasteiger partial charge in [0.25, 0.3) is 0 Å². The van der Waals surface area contributed by atoms with E-state index in [4.69, 9.17) is 28.9 Å². The Kier molecular flexibility index (Phi) is 4.58. The number of benzene rings is 1. The number of hydrazone groups is 1. The molecule has 1 aromatic carbocycles. The van der Waals surface area contributed by atoms with Crippen molar-refractivity contribution in [2.75, 3.05) is 7.05 Å². The first-order valence-corrected chi connectivity index (χ1v) is 5.28. The first kappa shape index (κ1) is 12.8. The molecule has 0 bridgehead atoms. The van der Waals surface area contributed by atoms with Gasteiger partial charge in [-0.15, -0.1) is 0 Å². The molecule has 0 amide bonds. The number of nitrogens with one attached hydrogen (secondary N) is 1. The predicted molar refractivity (Wildman–Crippen MR) is 69.4 cm³/mol. The van der Waals surface area contributed by atoms with Gasteiger partial charge in [-0.05, 0) is 24.6 Å². The zero-order chi connectivity index (χ0) is 12.1. The standard InChI is InChI=1S/C10H12Cl2N4/c1-6(15-16-10(13)14-2)7-3-4-8(11)9(12)5-7/h3-5H,1-2H3,(H3,13,14,16). The van der Waals surface area contributed by atoms with E-state index in [9.17, 15) is 0 Å². The molecule has 0 heterocycles. The monoisotopic (exact) mass is 258 g/mol.